The van der Waals surface area contributed by atoms with E-state index in [1.54, 1.807) is 12.4 Å². The lowest BCUT2D eigenvalue weighted by atomic mass is 10.2. The lowest BCUT2D eigenvalue weighted by molar-refractivity contribution is 0.962. The van der Waals surface area contributed by atoms with E-state index in [9.17, 15) is 0 Å². The van der Waals surface area contributed by atoms with Crippen LogP contribution in [-0.4, -0.2) is 22.3 Å². The Bertz CT molecular complexity index is 591. The Labute approximate surface area is 105 Å². The molecule has 90 valence electrons. The summed E-state index contributed by atoms with van der Waals surface area (Å²) in [5, 5.41) is 7.29. The first-order chi connectivity index (χ1) is 8.75. The van der Waals surface area contributed by atoms with Gasteiger partial charge in [-0.15, -0.1) is 0 Å². The predicted molar refractivity (Wildman–Crippen MR) is 70.2 cm³/mol. The first-order valence-corrected chi connectivity index (χ1v) is 5.77. The van der Waals surface area contributed by atoms with E-state index in [0.29, 0.717) is 5.69 Å². The van der Waals surface area contributed by atoms with Crippen LogP contribution >= 0.6 is 0 Å². The number of nitrogens with one attached hydrogen (secondary N) is 1. The SMILES string of the molecule is N=C(N)c1cnc(N2CCc3ccccc32)cn1. The molecule has 5 nitrogen and oxygen atoms in total. The fourth-order valence-corrected chi connectivity index (χ4v) is 2.18. The molecule has 2 heterocycles. The molecule has 0 amide bonds. The summed E-state index contributed by atoms with van der Waals surface area (Å²) >= 11 is 0. The van der Waals surface area contributed by atoms with E-state index < -0.39 is 0 Å². The Kier molecular flexibility index (Phi) is 2.44. The van der Waals surface area contributed by atoms with Crippen molar-refractivity contribution in [3.8, 4) is 0 Å². The molecule has 1 aromatic carbocycles. The highest BCUT2D eigenvalue weighted by atomic mass is 15.2. The zero-order valence-electron chi connectivity index (χ0n) is 9.80. The molecule has 0 radical (unpaired) electrons. The van der Waals surface area contributed by atoms with E-state index in [0.717, 1.165) is 18.8 Å². The van der Waals surface area contributed by atoms with E-state index in [1.807, 2.05) is 12.1 Å². The van der Waals surface area contributed by atoms with Gasteiger partial charge < -0.3 is 10.6 Å². The summed E-state index contributed by atoms with van der Waals surface area (Å²) in [6, 6.07) is 8.29. The second-order valence-electron chi connectivity index (χ2n) is 4.20. The molecule has 0 bridgehead atoms. The van der Waals surface area contributed by atoms with Gasteiger partial charge in [0, 0.05) is 12.2 Å². The lowest BCUT2D eigenvalue weighted by Gasteiger charge is -2.17. The van der Waals surface area contributed by atoms with Gasteiger partial charge in [0.25, 0.3) is 0 Å². The van der Waals surface area contributed by atoms with Crippen molar-refractivity contribution in [2.24, 2.45) is 5.73 Å². The van der Waals surface area contributed by atoms with Crippen molar-refractivity contribution in [3.05, 3.63) is 47.9 Å². The zero-order valence-corrected chi connectivity index (χ0v) is 9.80. The second kappa shape index (κ2) is 4.10. The van der Waals surface area contributed by atoms with Crippen LogP contribution < -0.4 is 10.6 Å². The largest absolute Gasteiger partial charge is 0.382 e. The number of para-hydroxylation sites is 1. The molecular weight excluding hydrogens is 226 g/mol. The number of nitrogen functional groups attached to an aromatic ring is 1. The smallest absolute Gasteiger partial charge is 0.151 e. The van der Waals surface area contributed by atoms with Crippen LogP contribution in [-0.2, 0) is 6.42 Å². The third kappa shape index (κ3) is 1.69. The van der Waals surface area contributed by atoms with Crippen molar-refractivity contribution in [3.63, 3.8) is 0 Å². The molecule has 3 N–H and O–H groups in total. The molecule has 2 aromatic rings. The van der Waals surface area contributed by atoms with Gasteiger partial charge in [-0.2, -0.15) is 0 Å². The monoisotopic (exact) mass is 239 g/mol. The average Bonchev–Trinajstić information content (AvgIpc) is 2.82. The minimum Gasteiger partial charge on any atom is -0.382 e. The van der Waals surface area contributed by atoms with Crippen LogP contribution in [0.3, 0.4) is 0 Å². The standard InChI is InChI=1S/C13H13N5/c14-13(15)10-7-17-12(8-16-10)18-6-5-9-3-1-2-4-11(9)18/h1-4,7-8H,5-6H2,(H3,14,15). The maximum absolute atomic E-state index is 7.29. The minimum atomic E-state index is -0.0594. The fraction of sp³-hybridized carbons (Fsp3) is 0.154. The fourth-order valence-electron chi connectivity index (χ4n) is 2.18. The van der Waals surface area contributed by atoms with E-state index in [1.165, 1.54) is 11.3 Å². The number of aromatic nitrogens is 2. The third-order valence-corrected chi connectivity index (χ3v) is 3.08. The number of nitrogens with two attached hydrogens (primary N) is 1. The second-order valence-corrected chi connectivity index (χ2v) is 4.20. The number of amidine groups is 1. The average molecular weight is 239 g/mol. The molecule has 0 aliphatic carbocycles. The highest BCUT2D eigenvalue weighted by Crippen LogP contribution is 2.32. The summed E-state index contributed by atoms with van der Waals surface area (Å²) in [4.78, 5) is 10.6. The number of rotatable bonds is 2. The van der Waals surface area contributed by atoms with Gasteiger partial charge in [0.2, 0.25) is 0 Å². The van der Waals surface area contributed by atoms with Gasteiger partial charge >= 0.3 is 0 Å². The van der Waals surface area contributed by atoms with Gasteiger partial charge in [0.05, 0.1) is 12.4 Å². The van der Waals surface area contributed by atoms with E-state index in [4.69, 9.17) is 11.1 Å². The van der Waals surface area contributed by atoms with Crippen LogP contribution in [0.25, 0.3) is 0 Å². The van der Waals surface area contributed by atoms with Gasteiger partial charge in [0.1, 0.15) is 11.5 Å². The van der Waals surface area contributed by atoms with Crippen molar-refractivity contribution in [2.45, 2.75) is 6.42 Å². The first-order valence-electron chi connectivity index (χ1n) is 5.77. The van der Waals surface area contributed by atoms with Crippen LogP contribution in [0.15, 0.2) is 36.7 Å². The molecule has 1 aliphatic heterocycles. The number of benzene rings is 1. The highest BCUT2D eigenvalue weighted by molar-refractivity contribution is 5.92. The highest BCUT2D eigenvalue weighted by Gasteiger charge is 2.20. The molecule has 0 saturated heterocycles. The zero-order chi connectivity index (χ0) is 12.5. The third-order valence-electron chi connectivity index (χ3n) is 3.08. The van der Waals surface area contributed by atoms with Crippen LogP contribution in [0.5, 0.6) is 0 Å². The van der Waals surface area contributed by atoms with Gasteiger partial charge in [-0.25, -0.2) is 9.97 Å². The molecule has 0 fully saturated rings. The summed E-state index contributed by atoms with van der Waals surface area (Å²) < 4.78 is 0. The lowest BCUT2D eigenvalue weighted by Crippen LogP contribution is -2.17. The molecule has 0 atom stereocenters. The van der Waals surface area contributed by atoms with Crippen LogP contribution in [0, 0.1) is 5.41 Å². The number of nitrogens with zero attached hydrogens (tertiary/aromatic N) is 3. The van der Waals surface area contributed by atoms with Gasteiger partial charge in [0.15, 0.2) is 5.82 Å². The van der Waals surface area contributed by atoms with Crippen molar-refractivity contribution in [1.82, 2.24) is 9.97 Å². The molecule has 0 saturated carbocycles. The predicted octanol–water partition coefficient (Wildman–Crippen LogP) is 1.45. The van der Waals surface area contributed by atoms with Crippen LogP contribution in [0.4, 0.5) is 11.5 Å². The van der Waals surface area contributed by atoms with Crippen LogP contribution in [0.1, 0.15) is 11.3 Å². The van der Waals surface area contributed by atoms with E-state index in [2.05, 4.69) is 27.0 Å². The normalized spacial score (nSPS) is 13.4. The topological polar surface area (TPSA) is 78.9 Å². The van der Waals surface area contributed by atoms with E-state index in [-0.39, 0.29) is 5.84 Å². The Balaban J connectivity index is 1.95. The summed E-state index contributed by atoms with van der Waals surface area (Å²) in [7, 11) is 0. The Hall–Kier alpha value is -2.43. The van der Waals surface area contributed by atoms with E-state index >= 15 is 0 Å². The van der Waals surface area contributed by atoms with Crippen LogP contribution in [0.2, 0.25) is 0 Å². The molecule has 3 rings (SSSR count). The Morgan fingerprint density at radius 1 is 1.22 bits per heavy atom. The van der Waals surface area contributed by atoms with Crippen molar-refractivity contribution in [2.75, 3.05) is 11.4 Å². The number of anilines is 2. The maximum atomic E-state index is 7.29. The molecule has 1 aromatic heterocycles. The molecule has 5 heteroatoms. The first kappa shape index (κ1) is 10.7. The molecule has 18 heavy (non-hydrogen) atoms. The van der Waals surface area contributed by atoms with Crippen molar-refractivity contribution < 1.29 is 0 Å². The maximum Gasteiger partial charge on any atom is 0.151 e. The van der Waals surface area contributed by atoms with Gasteiger partial charge in [-0.3, -0.25) is 5.41 Å². The minimum absolute atomic E-state index is 0.0594. The molecule has 0 spiro atoms. The van der Waals surface area contributed by atoms with Crippen molar-refractivity contribution in [1.29, 1.82) is 5.41 Å². The summed E-state index contributed by atoms with van der Waals surface area (Å²) in [5.41, 5.74) is 8.28. The quantitative estimate of drug-likeness (QED) is 0.614. The number of hydrogen-bond acceptors (Lipinski definition) is 4. The Morgan fingerprint density at radius 2 is 2.06 bits per heavy atom. The summed E-state index contributed by atoms with van der Waals surface area (Å²) in [5.74, 6) is 0.737. The number of fused-ring (bicyclic) bond motifs is 1. The van der Waals surface area contributed by atoms with Gasteiger partial charge in [-0.05, 0) is 18.1 Å². The van der Waals surface area contributed by atoms with Gasteiger partial charge in [-0.1, -0.05) is 18.2 Å². The molecule has 0 unspecified atom stereocenters. The molecular formula is C13H13N5. The molecule has 1 aliphatic rings. The summed E-state index contributed by atoms with van der Waals surface area (Å²) in [6.07, 6.45) is 4.23. The number of hydrogen-bond donors (Lipinski definition) is 2. The van der Waals surface area contributed by atoms with Crippen molar-refractivity contribution >= 4 is 17.3 Å². The Morgan fingerprint density at radius 3 is 2.78 bits per heavy atom. The summed E-state index contributed by atoms with van der Waals surface area (Å²) in [6.45, 7) is 0.910.